The van der Waals surface area contributed by atoms with Crippen LogP contribution >= 0.6 is 11.8 Å². The summed E-state index contributed by atoms with van der Waals surface area (Å²) >= 11 is 1.50. The second kappa shape index (κ2) is 7.01. The predicted molar refractivity (Wildman–Crippen MR) is 96.1 cm³/mol. The molecule has 0 radical (unpaired) electrons. The summed E-state index contributed by atoms with van der Waals surface area (Å²) in [5, 5.41) is 0.713. The van der Waals surface area contributed by atoms with Gasteiger partial charge in [-0.2, -0.15) is 0 Å². The molecule has 24 heavy (non-hydrogen) atoms. The molecule has 3 rings (SSSR count). The first kappa shape index (κ1) is 17.1. The number of esters is 1. The Labute approximate surface area is 146 Å². The van der Waals surface area contributed by atoms with Gasteiger partial charge in [0.25, 0.3) is 0 Å². The first-order valence-corrected chi connectivity index (χ1v) is 9.66. The van der Waals surface area contributed by atoms with Gasteiger partial charge >= 0.3 is 5.97 Å². The molecular formula is C17H24N4O2S. The number of carbonyl (C=O) groups is 1. The Balaban J connectivity index is 2.11. The van der Waals surface area contributed by atoms with Crippen molar-refractivity contribution in [2.24, 2.45) is 0 Å². The number of nitrogens with two attached hydrogens (primary N) is 1. The van der Waals surface area contributed by atoms with Crippen molar-refractivity contribution in [3.8, 4) is 0 Å². The maximum absolute atomic E-state index is 12.3. The van der Waals surface area contributed by atoms with Crippen LogP contribution in [0, 0.1) is 0 Å². The van der Waals surface area contributed by atoms with E-state index in [1.165, 1.54) is 18.2 Å². The third kappa shape index (κ3) is 3.09. The van der Waals surface area contributed by atoms with Crippen molar-refractivity contribution in [1.82, 2.24) is 15.0 Å². The van der Waals surface area contributed by atoms with E-state index in [4.69, 9.17) is 10.5 Å². The molecule has 0 aromatic carbocycles. The number of rotatable bonds is 5. The van der Waals surface area contributed by atoms with Gasteiger partial charge in [-0.05, 0) is 26.0 Å². The Morgan fingerprint density at radius 1 is 1.42 bits per heavy atom. The lowest BCUT2D eigenvalue weighted by molar-refractivity contribution is -0.145. The summed E-state index contributed by atoms with van der Waals surface area (Å²) < 4.78 is 5.24. The number of hydrogen-bond donors (Lipinski definition) is 2. The van der Waals surface area contributed by atoms with Crippen molar-refractivity contribution in [3.05, 3.63) is 11.8 Å². The molecule has 0 saturated heterocycles. The summed E-state index contributed by atoms with van der Waals surface area (Å²) in [6.45, 7) is 2.24. The fourth-order valence-corrected chi connectivity index (χ4v) is 4.19. The van der Waals surface area contributed by atoms with Crippen LogP contribution < -0.4 is 5.73 Å². The first-order valence-electron chi connectivity index (χ1n) is 8.44. The van der Waals surface area contributed by atoms with E-state index in [0.29, 0.717) is 24.0 Å². The largest absolute Gasteiger partial charge is 0.466 e. The minimum atomic E-state index is -0.295. The zero-order valence-corrected chi connectivity index (χ0v) is 15.0. The molecule has 2 heterocycles. The van der Waals surface area contributed by atoms with Crippen LogP contribution in [0.2, 0.25) is 0 Å². The number of thioether (sulfide) groups is 1. The highest BCUT2D eigenvalue weighted by Crippen LogP contribution is 2.47. The zero-order chi connectivity index (χ0) is 17.2. The third-order valence-electron chi connectivity index (χ3n) is 4.85. The Hall–Kier alpha value is -1.76. The number of carbonyl (C=O) groups excluding carboxylic acids is 1. The van der Waals surface area contributed by atoms with E-state index in [1.54, 1.807) is 6.20 Å². The fourth-order valence-electron chi connectivity index (χ4n) is 3.85. The van der Waals surface area contributed by atoms with Gasteiger partial charge in [0.05, 0.1) is 30.3 Å². The average Bonchev–Trinajstić information content (AvgIpc) is 2.91. The summed E-state index contributed by atoms with van der Waals surface area (Å²) in [5.74, 6) is 0.441. The molecule has 0 amide bonds. The normalized spacial score (nSPS) is 17.1. The molecule has 0 atom stereocenters. The van der Waals surface area contributed by atoms with Crippen LogP contribution in [0.5, 0.6) is 0 Å². The van der Waals surface area contributed by atoms with Crippen LogP contribution in [0.1, 0.15) is 51.0 Å². The Kier molecular flexibility index (Phi) is 4.99. The summed E-state index contributed by atoms with van der Waals surface area (Å²) in [6.07, 6.45) is 9.32. The second-order valence-corrected chi connectivity index (χ2v) is 7.13. The number of aromatic amines is 1. The van der Waals surface area contributed by atoms with Crippen LogP contribution in [-0.4, -0.2) is 33.8 Å². The molecule has 3 N–H and O–H groups in total. The molecule has 2 aromatic rings. The predicted octanol–water partition coefficient (Wildman–Crippen LogP) is 3.42. The zero-order valence-electron chi connectivity index (χ0n) is 14.2. The summed E-state index contributed by atoms with van der Waals surface area (Å²) in [5.41, 5.74) is 8.68. The minimum absolute atomic E-state index is 0.160. The van der Waals surface area contributed by atoms with E-state index in [-0.39, 0.29) is 11.4 Å². The molecule has 0 aliphatic heterocycles. The van der Waals surface area contributed by atoms with Crippen LogP contribution in [0.4, 0.5) is 5.82 Å². The molecule has 0 unspecified atom stereocenters. The van der Waals surface area contributed by atoms with Crippen molar-refractivity contribution in [2.45, 2.75) is 56.0 Å². The maximum Gasteiger partial charge on any atom is 0.306 e. The monoisotopic (exact) mass is 348 g/mol. The van der Waals surface area contributed by atoms with Gasteiger partial charge in [-0.25, -0.2) is 9.97 Å². The van der Waals surface area contributed by atoms with Gasteiger partial charge in [0, 0.05) is 11.0 Å². The highest BCUT2D eigenvalue weighted by Gasteiger charge is 2.40. The average molecular weight is 348 g/mol. The molecule has 1 aliphatic rings. The molecule has 0 spiro atoms. The number of hydrogen-bond acceptors (Lipinski definition) is 6. The molecule has 130 valence electrons. The lowest BCUT2D eigenvalue weighted by Gasteiger charge is -2.36. The number of nitrogens with zero attached hydrogens (tertiary/aromatic N) is 2. The van der Waals surface area contributed by atoms with Crippen molar-refractivity contribution in [2.75, 3.05) is 18.6 Å². The van der Waals surface area contributed by atoms with Gasteiger partial charge < -0.3 is 15.5 Å². The lowest BCUT2D eigenvalue weighted by Crippen LogP contribution is -2.33. The van der Waals surface area contributed by atoms with E-state index in [0.717, 1.165) is 42.3 Å². The highest BCUT2D eigenvalue weighted by atomic mass is 32.2. The van der Waals surface area contributed by atoms with Crippen LogP contribution in [0.15, 0.2) is 11.4 Å². The topological polar surface area (TPSA) is 93.9 Å². The standard InChI is InChI=1S/C17H24N4O2S/c1-3-23-12(22)9-17(7-5-4-6-8-17)13-14-11(20-15(13)18)10-19-16(21-14)24-2/h10,20H,3-9,18H2,1-2H3. The molecule has 0 bridgehead atoms. The Bertz CT molecular complexity index is 738. The van der Waals surface area contributed by atoms with E-state index < -0.39 is 0 Å². The van der Waals surface area contributed by atoms with Crippen LogP contribution in [-0.2, 0) is 14.9 Å². The smallest absolute Gasteiger partial charge is 0.306 e. The lowest BCUT2D eigenvalue weighted by atomic mass is 9.67. The highest BCUT2D eigenvalue weighted by molar-refractivity contribution is 7.98. The quantitative estimate of drug-likeness (QED) is 0.488. The SMILES string of the molecule is CCOC(=O)CC1(c2c(N)[nH]c3cnc(SC)nc23)CCCCC1. The Morgan fingerprint density at radius 2 is 2.17 bits per heavy atom. The number of fused-ring (bicyclic) bond motifs is 1. The van der Waals surface area contributed by atoms with E-state index in [1.807, 2.05) is 13.2 Å². The minimum Gasteiger partial charge on any atom is -0.466 e. The Morgan fingerprint density at radius 3 is 2.83 bits per heavy atom. The van der Waals surface area contributed by atoms with Crippen LogP contribution in [0.3, 0.4) is 0 Å². The molecule has 7 heteroatoms. The van der Waals surface area contributed by atoms with Crippen molar-refractivity contribution >= 4 is 34.6 Å². The molecule has 6 nitrogen and oxygen atoms in total. The van der Waals surface area contributed by atoms with Crippen molar-refractivity contribution < 1.29 is 9.53 Å². The fraction of sp³-hybridized carbons (Fsp3) is 0.588. The van der Waals surface area contributed by atoms with E-state index in [9.17, 15) is 4.79 Å². The first-order chi connectivity index (χ1) is 11.6. The van der Waals surface area contributed by atoms with Crippen molar-refractivity contribution in [3.63, 3.8) is 0 Å². The summed E-state index contributed by atoms with van der Waals surface area (Å²) in [7, 11) is 0. The number of ether oxygens (including phenoxy) is 1. The van der Waals surface area contributed by atoms with Gasteiger partial charge in [-0.3, -0.25) is 4.79 Å². The number of aromatic nitrogens is 3. The number of nitrogen functional groups attached to an aromatic ring is 1. The molecular weight excluding hydrogens is 324 g/mol. The van der Waals surface area contributed by atoms with Gasteiger partial charge in [0.1, 0.15) is 5.82 Å². The van der Waals surface area contributed by atoms with Gasteiger partial charge in [0.15, 0.2) is 5.16 Å². The number of nitrogens with one attached hydrogen (secondary N) is 1. The molecule has 1 saturated carbocycles. The van der Waals surface area contributed by atoms with E-state index in [2.05, 4.69) is 15.0 Å². The molecule has 1 aliphatic carbocycles. The van der Waals surface area contributed by atoms with Crippen LogP contribution in [0.25, 0.3) is 11.0 Å². The number of H-pyrrole nitrogens is 1. The maximum atomic E-state index is 12.3. The van der Waals surface area contributed by atoms with Gasteiger partial charge in [-0.15, -0.1) is 0 Å². The van der Waals surface area contributed by atoms with Gasteiger partial charge in [-0.1, -0.05) is 31.0 Å². The third-order valence-corrected chi connectivity index (χ3v) is 5.42. The van der Waals surface area contributed by atoms with E-state index >= 15 is 0 Å². The second-order valence-electron chi connectivity index (χ2n) is 6.36. The molecule has 2 aromatic heterocycles. The summed E-state index contributed by atoms with van der Waals surface area (Å²) in [6, 6.07) is 0. The number of anilines is 1. The van der Waals surface area contributed by atoms with Crippen molar-refractivity contribution in [1.29, 1.82) is 0 Å². The summed E-state index contributed by atoms with van der Waals surface area (Å²) in [4.78, 5) is 24.5. The molecule has 1 fully saturated rings. The van der Waals surface area contributed by atoms with Gasteiger partial charge in [0.2, 0.25) is 0 Å².